The molecule has 102 valence electrons. The first-order valence-corrected chi connectivity index (χ1v) is 7.15. The van der Waals surface area contributed by atoms with Crippen molar-refractivity contribution < 1.29 is 0 Å². The number of para-hydroxylation sites is 2. The molecule has 0 spiro atoms. The number of aromatic nitrogens is 1. The summed E-state index contributed by atoms with van der Waals surface area (Å²) in [5.74, 6) is 0. The predicted octanol–water partition coefficient (Wildman–Crippen LogP) is 4.83. The summed E-state index contributed by atoms with van der Waals surface area (Å²) in [6, 6.07) is 25.6. The fraction of sp³-hybridized carbons (Fsp3) is 0.0526. The predicted molar refractivity (Wildman–Crippen MR) is 90.3 cm³/mol. The van der Waals surface area contributed by atoms with E-state index >= 15 is 0 Å². The summed E-state index contributed by atoms with van der Waals surface area (Å²) in [6.07, 6.45) is 0. The lowest BCUT2D eigenvalue weighted by Crippen LogP contribution is -1.93. The number of nitrogens with zero attached hydrogens (tertiary/aromatic N) is 1. The molecule has 0 aliphatic carbocycles. The molecule has 0 saturated heterocycles. The van der Waals surface area contributed by atoms with Crippen LogP contribution in [0.1, 0.15) is 0 Å². The normalized spacial score (nSPS) is 11.1. The van der Waals surface area contributed by atoms with Gasteiger partial charge in [-0.1, -0.05) is 36.4 Å². The fourth-order valence-electron chi connectivity index (χ4n) is 2.98. The van der Waals surface area contributed by atoms with E-state index in [1.807, 2.05) is 7.05 Å². The van der Waals surface area contributed by atoms with E-state index in [4.69, 9.17) is 0 Å². The van der Waals surface area contributed by atoms with E-state index in [0.717, 1.165) is 5.69 Å². The van der Waals surface area contributed by atoms with Gasteiger partial charge in [-0.25, -0.2) is 0 Å². The number of rotatable bonds is 2. The highest BCUT2D eigenvalue weighted by molar-refractivity contribution is 6.10. The highest BCUT2D eigenvalue weighted by Crippen LogP contribution is 2.33. The van der Waals surface area contributed by atoms with Gasteiger partial charge in [0.1, 0.15) is 0 Å². The molecule has 4 aromatic rings. The van der Waals surface area contributed by atoms with Gasteiger partial charge in [0, 0.05) is 29.2 Å². The molecule has 1 heterocycles. The number of hydrogen-bond acceptors (Lipinski definition) is 1. The Labute approximate surface area is 123 Å². The molecule has 2 nitrogen and oxygen atoms in total. The zero-order valence-corrected chi connectivity index (χ0v) is 11.9. The zero-order valence-electron chi connectivity index (χ0n) is 11.9. The Morgan fingerprint density at radius 1 is 0.714 bits per heavy atom. The molecule has 0 saturated carbocycles. The van der Waals surface area contributed by atoms with Gasteiger partial charge in [0.15, 0.2) is 0 Å². The summed E-state index contributed by atoms with van der Waals surface area (Å²) in [5, 5.41) is 5.79. The first kappa shape index (κ1) is 12.0. The standard InChI is InChI=1S/C19H16N2/c1-20-14-11-12-19-17(13-14)16-9-5-6-10-18(16)21(19)15-7-3-2-4-8-15/h2-13,20H,1H3. The fourth-order valence-corrected chi connectivity index (χ4v) is 2.98. The summed E-state index contributed by atoms with van der Waals surface area (Å²) < 4.78 is 2.32. The van der Waals surface area contributed by atoms with Crippen LogP contribution in [0.25, 0.3) is 27.5 Å². The summed E-state index contributed by atoms with van der Waals surface area (Å²) >= 11 is 0. The molecule has 3 aromatic carbocycles. The quantitative estimate of drug-likeness (QED) is 0.553. The van der Waals surface area contributed by atoms with Gasteiger partial charge in [-0.2, -0.15) is 0 Å². The maximum Gasteiger partial charge on any atom is 0.0542 e. The van der Waals surface area contributed by atoms with Gasteiger partial charge in [0.25, 0.3) is 0 Å². The summed E-state index contributed by atoms with van der Waals surface area (Å²) in [4.78, 5) is 0. The Balaban J connectivity index is 2.17. The number of nitrogens with one attached hydrogen (secondary N) is 1. The Morgan fingerprint density at radius 3 is 2.24 bits per heavy atom. The van der Waals surface area contributed by atoms with E-state index in [1.54, 1.807) is 0 Å². The average Bonchev–Trinajstić information content (AvgIpc) is 2.89. The monoisotopic (exact) mass is 272 g/mol. The Bertz CT molecular complexity index is 920. The average molecular weight is 272 g/mol. The van der Waals surface area contributed by atoms with Crippen LogP contribution in [-0.2, 0) is 0 Å². The van der Waals surface area contributed by atoms with E-state index in [1.165, 1.54) is 27.5 Å². The lowest BCUT2D eigenvalue weighted by molar-refractivity contribution is 1.18. The summed E-state index contributed by atoms with van der Waals surface area (Å²) in [7, 11) is 1.96. The first-order valence-electron chi connectivity index (χ1n) is 7.15. The minimum Gasteiger partial charge on any atom is -0.388 e. The second kappa shape index (κ2) is 4.67. The van der Waals surface area contributed by atoms with Crippen molar-refractivity contribution in [2.75, 3.05) is 12.4 Å². The number of benzene rings is 3. The van der Waals surface area contributed by atoms with E-state index in [0.29, 0.717) is 0 Å². The summed E-state index contributed by atoms with van der Waals surface area (Å²) in [6.45, 7) is 0. The third-order valence-electron chi connectivity index (χ3n) is 3.98. The molecule has 0 aliphatic rings. The smallest absolute Gasteiger partial charge is 0.0542 e. The van der Waals surface area contributed by atoms with Crippen LogP contribution in [0.5, 0.6) is 0 Å². The van der Waals surface area contributed by atoms with Crippen LogP contribution in [0.2, 0.25) is 0 Å². The van der Waals surface area contributed by atoms with Crippen molar-refractivity contribution in [3.8, 4) is 5.69 Å². The molecule has 0 atom stereocenters. The number of fused-ring (bicyclic) bond motifs is 3. The second-order valence-corrected chi connectivity index (χ2v) is 5.17. The van der Waals surface area contributed by atoms with Gasteiger partial charge >= 0.3 is 0 Å². The lowest BCUT2D eigenvalue weighted by Gasteiger charge is -2.07. The molecular weight excluding hydrogens is 256 g/mol. The minimum absolute atomic E-state index is 1.14. The van der Waals surface area contributed by atoms with Crippen molar-refractivity contribution in [1.82, 2.24) is 4.57 Å². The Hall–Kier alpha value is -2.74. The maximum atomic E-state index is 3.22. The van der Waals surface area contributed by atoms with Gasteiger partial charge in [0.2, 0.25) is 0 Å². The number of anilines is 1. The first-order chi connectivity index (χ1) is 10.4. The van der Waals surface area contributed by atoms with E-state index < -0.39 is 0 Å². The third-order valence-corrected chi connectivity index (χ3v) is 3.98. The molecule has 0 amide bonds. The molecule has 0 radical (unpaired) electrons. The van der Waals surface area contributed by atoms with E-state index in [9.17, 15) is 0 Å². The zero-order chi connectivity index (χ0) is 14.2. The molecular formula is C19H16N2. The van der Waals surface area contributed by atoms with Gasteiger partial charge in [-0.05, 0) is 36.4 Å². The molecule has 1 aromatic heterocycles. The summed E-state index contributed by atoms with van der Waals surface area (Å²) in [5.41, 5.74) is 4.81. The maximum absolute atomic E-state index is 3.22. The molecule has 0 aliphatic heterocycles. The van der Waals surface area contributed by atoms with Gasteiger partial charge in [0.05, 0.1) is 11.0 Å². The molecule has 0 bridgehead atoms. The molecule has 2 heteroatoms. The van der Waals surface area contributed by atoms with Crippen LogP contribution in [0.4, 0.5) is 5.69 Å². The highest BCUT2D eigenvalue weighted by Gasteiger charge is 2.11. The molecule has 0 fully saturated rings. The Kier molecular flexibility index (Phi) is 2.68. The van der Waals surface area contributed by atoms with E-state index in [-0.39, 0.29) is 0 Å². The largest absolute Gasteiger partial charge is 0.388 e. The molecule has 21 heavy (non-hydrogen) atoms. The van der Waals surface area contributed by atoms with E-state index in [2.05, 4.69) is 82.7 Å². The molecule has 0 unspecified atom stereocenters. The van der Waals surface area contributed by atoms with Crippen molar-refractivity contribution in [3.05, 3.63) is 72.8 Å². The van der Waals surface area contributed by atoms with Gasteiger partial charge < -0.3 is 9.88 Å². The van der Waals surface area contributed by atoms with Crippen molar-refractivity contribution in [2.45, 2.75) is 0 Å². The lowest BCUT2D eigenvalue weighted by atomic mass is 10.1. The van der Waals surface area contributed by atoms with Crippen molar-refractivity contribution in [1.29, 1.82) is 0 Å². The minimum atomic E-state index is 1.14. The second-order valence-electron chi connectivity index (χ2n) is 5.17. The van der Waals surface area contributed by atoms with Crippen molar-refractivity contribution in [2.24, 2.45) is 0 Å². The van der Waals surface area contributed by atoms with Crippen LogP contribution >= 0.6 is 0 Å². The van der Waals surface area contributed by atoms with Gasteiger partial charge in [-0.15, -0.1) is 0 Å². The molecule has 4 rings (SSSR count). The van der Waals surface area contributed by atoms with Gasteiger partial charge in [-0.3, -0.25) is 0 Å². The highest BCUT2D eigenvalue weighted by atomic mass is 15.0. The van der Waals surface area contributed by atoms with Crippen LogP contribution < -0.4 is 5.32 Å². The van der Waals surface area contributed by atoms with Crippen molar-refractivity contribution >= 4 is 27.5 Å². The number of hydrogen-bond donors (Lipinski definition) is 1. The van der Waals surface area contributed by atoms with Crippen LogP contribution in [0.3, 0.4) is 0 Å². The van der Waals surface area contributed by atoms with Crippen LogP contribution in [-0.4, -0.2) is 11.6 Å². The SMILES string of the molecule is CNc1ccc2c(c1)c1ccccc1n2-c1ccccc1. The topological polar surface area (TPSA) is 17.0 Å². The van der Waals surface area contributed by atoms with Crippen LogP contribution in [0.15, 0.2) is 72.8 Å². The van der Waals surface area contributed by atoms with Crippen LogP contribution in [0, 0.1) is 0 Å². The molecule has 1 N–H and O–H groups in total. The Morgan fingerprint density at radius 2 is 1.43 bits per heavy atom. The van der Waals surface area contributed by atoms with Crippen molar-refractivity contribution in [3.63, 3.8) is 0 Å². The third kappa shape index (κ3) is 1.80.